The van der Waals surface area contributed by atoms with Crippen LogP contribution in [0.5, 0.6) is 6.01 Å². The van der Waals surface area contributed by atoms with Gasteiger partial charge in [-0.15, -0.1) is 0 Å². The van der Waals surface area contributed by atoms with Crippen molar-refractivity contribution in [2.45, 2.75) is 19.8 Å². The summed E-state index contributed by atoms with van der Waals surface area (Å²) in [7, 11) is 2.15. The van der Waals surface area contributed by atoms with Gasteiger partial charge in [-0.25, -0.2) is 4.98 Å². The van der Waals surface area contributed by atoms with E-state index in [0.717, 1.165) is 41.8 Å². The summed E-state index contributed by atoms with van der Waals surface area (Å²) < 4.78 is 8.18. The van der Waals surface area contributed by atoms with Crippen LogP contribution in [0.2, 0.25) is 0 Å². The van der Waals surface area contributed by atoms with Gasteiger partial charge < -0.3 is 9.64 Å². The normalized spacial score (nSPS) is 16.1. The van der Waals surface area contributed by atoms with Crippen molar-refractivity contribution in [3.8, 4) is 40.5 Å². The Kier molecular flexibility index (Phi) is 6.18. The molecule has 174 valence electrons. The van der Waals surface area contributed by atoms with Crippen molar-refractivity contribution in [1.82, 2.24) is 19.3 Å². The van der Waals surface area contributed by atoms with Crippen molar-refractivity contribution in [2.24, 2.45) is 5.92 Å². The maximum atomic E-state index is 9.62. The summed E-state index contributed by atoms with van der Waals surface area (Å²) in [5, 5.41) is 18.9. The molecule has 0 amide bonds. The molecule has 1 atom stereocenters. The summed E-state index contributed by atoms with van der Waals surface area (Å²) in [6.45, 7) is 4.64. The molecule has 0 aliphatic carbocycles. The number of nitriles is 2. The van der Waals surface area contributed by atoms with Crippen LogP contribution in [-0.4, -0.2) is 46.0 Å². The van der Waals surface area contributed by atoms with E-state index in [9.17, 15) is 10.5 Å². The summed E-state index contributed by atoms with van der Waals surface area (Å²) in [6.07, 6.45) is 5.90. The van der Waals surface area contributed by atoms with Gasteiger partial charge in [-0.05, 0) is 62.7 Å². The summed E-state index contributed by atoms with van der Waals surface area (Å²) >= 11 is 0. The molecule has 4 aromatic rings. The lowest BCUT2D eigenvalue weighted by Crippen LogP contribution is -2.35. The Labute approximate surface area is 204 Å². The van der Waals surface area contributed by atoms with Crippen LogP contribution < -0.4 is 4.74 Å². The van der Waals surface area contributed by atoms with E-state index in [0.29, 0.717) is 41.0 Å². The lowest BCUT2D eigenvalue weighted by Gasteiger charge is -2.29. The zero-order valence-electron chi connectivity index (χ0n) is 19.9. The van der Waals surface area contributed by atoms with Crippen molar-refractivity contribution in [3.63, 3.8) is 0 Å². The van der Waals surface area contributed by atoms with Crippen molar-refractivity contribution < 1.29 is 4.74 Å². The van der Waals surface area contributed by atoms with Crippen molar-refractivity contribution in [3.05, 3.63) is 71.5 Å². The molecule has 1 saturated heterocycles. The van der Waals surface area contributed by atoms with Crippen molar-refractivity contribution in [2.75, 3.05) is 26.7 Å². The lowest BCUT2D eigenvalue weighted by molar-refractivity contribution is 0.143. The quantitative estimate of drug-likeness (QED) is 0.422. The number of piperidine rings is 1. The van der Waals surface area contributed by atoms with Gasteiger partial charge in [-0.2, -0.15) is 15.5 Å². The highest BCUT2D eigenvalue weighted by Gasteiger charge is 2.22. The maximum Gasteiger partial charge on any atom is 0.302 e. The third-order valence-corrected chi connectivity index (χ3v) is 6.62. The highest BCUT2D eigenvalue weighted by atomic mass is 16.5. The van der Waals surface area contributed by atoms with Crippen LogP contribution in [0.4, 0.5) is 0 Å². The van der Waals surface area contributed by atoms with Gasteiger partial charge in [0.1, 0.15) is 0 Å². The van der Waals surface area contributed by atoms with Gasteiger partial charge in [0.2, 0.25) is 0 Å². The van der Waals surface area contributed by atoms with Crippen LogP contribution in [0.3, 0.4) is 0 Å². The Balaban J connectivity index is 1.65. The number of hydrogen-bond acceptors (Lipinski definition) is 6. The van der Waals surface area contributed by atoms with Gasteiger partial charge in [-0.3, -0.25) is 4.40 Å². The Hall–Kier alpha value is -4.20. The van der Waals surface area contributed by atoms with E-state index in [4.69, 9.17) is 9.72 Å². The Morgan fingerprint density at radius 1 is 1.09 bits per heavy atom. The van der Waals surface area contributed by atoms with Gasteiger partial charge in [0.25, 0.3) is 0 Å². The molecule has 3 heterocycles. The average Bonchev–Trinajstić information content (AvgIpc) is 3.37. The van der Waals surface area contributed by atoms with Crippen LogP contribution in [0.25, 0.3) is 28.0 Å². The van der Waals surface area contributed by atoms with Gasteiger partial charge >= 0.3 is 6.01 Å². The number of imidazole rings is 1. The molecule has 0 saturated carbocycles. The minimum Gasteiger partial charge on any atom is -0.464 e. The van der Waals surface area contributed by atoms with Crippen molar-refractivity contribution >= 4 is 5.65 Å². The number of aromatic nitrogens is 3. The maximum absolute atomic E-state index is 9.62. The molecule has 0 bridgehead atoms. The zero-order chi connectivity index (χ0) is 24.4. The van der Waals surface area contributed by atoms with E-state index >= 15 is 0 Å². The van der Waals surface area contributed by atoms with Crippen LogP contribution in [0, 0.1) is 35.5 Å². The van der Waals surface area contributed by atoms with E-state index in [2.05, 4.69) is 29.1 Å². The minimum absolute atomic E-state index is 0.447. The molecule has 1 aliphatic rings. The van der Waals surface area contributed by atoms with E-state index in [-0.39, 0.29) is 0 Å². The topological polar surface area (TPSA) is 90.2 Å². The molecule has 7 heteroatoms. The molecule has 0 unspecified atom stereocenters. The molecular formula is C28H26N6O. The average molecular weight is 463 g/mol. The number of nitrogens with zero attached hydrogens (tertiary/aromatic N) is 6. The first-order valence-corrected chi connectivity index (χ1v) is 11.8. The van der Waals surface area contributed by atoms with E-state index < -0.39 is 0 Å². The molecule has 2 aromatic carbocycles. The largest absolute Gasteiger partial charge is 0.464 e. The third kappa shape index (κ3) is 4.47. The molecule has 1 aliphatic heterocycles. The molecular weight excluding hydrogens is 436 g/mol. The number of aryl methyl sites for hydroxylation is 1. The second-order valence-electron chi connectivity index (χ2n) is 9.15. The number of likely N-dealkylation sites (tertiary alicyclic amines) is 1. The fourth-order valence-corrected chi connectivity index (χ4v) is 4.73. The van der Waals surface area contributed by atoms with Crippen LogP contribution in [0.15, 0.2) is 54.9 Å². The smallest absolute Gasteiger partial charge is 0.302 e. The fourth-order valence-electron chi connectivity index (χ4n) is 4.73. The number of hydrogen-bond donors (Lipinski definition) is 0. The summed E-state index contributed by atoms with van der Waals surface area (Å²) in [5.74, 6) is 0.447. The molecule has 0 spiro atoms. The highest BCUT2D eigenvalue weighted by Crippen LogP contribution is 2.37. The van der Waals surface area contributed by atoms with Gasteiger partial charge in [0.05, 0.1) is 41.1 Å². The predicted octanol–water partition coefficient (Wildman–Crippen LogP) is 4.84. The Morgan fingerprint density at radius 3 is 2.63 bits per heavy atom. The lowest BCUT2D eigenvalue weighted by atomic mass is 9.96. The van der Waals surface area contributed by atoms with Gasteiger partial charge in [0.15, 0.2) is 5.65 Å². The van der Waals surface area contributed by atoms with E-state index in [1.54, 1.807) is 18.3 Å². The molecule has 7 nitrogen and oxygen atoms in total. The number of fused-ring (bicyclic) bond motifs is 1. The zero-order valence-corrected chi connectivity index (χ0v) is 19.9. The predicted molar refractivity (Wildman–Crippen MR) is 134 cm³/mol. The molecule has 0 N–H and O–H groups in total. The first-order valence-electron chi connectivity index (χ1n) is 11.8. The standard InChI is InChI=1S/C28H26N6O/c1-19-5-8-23(14-24(19)16-30)25-26(22-9-6-20(15-29)7-10-22)32-28(34-13-11-31-27(25)34)35-18-21-4-3-12-33(2)17-21/h5-11,13-14,21H,3-4,12,17-18H2,1-2H3/t21-/m1/s1. The summed E-state index contributed by atoms with van der Waals surface area (Å²) in [6, 6.07) is 18.1. The molecule has 1 fully saturated rings. The van der Waals surface area contributed by atoms with Gasteiger partial charge in [-0.1, -0.05) is 24.3 Å². The second-order valence-corrected chi connectivity index (χ2v) is 9.15. The number of rotatable bonds is 5. The molecule has 2 aromatic heterocycles. The van der Waals surface area contributed by atoms with Gasteiger partial charge in [0, 0.05) is 30.4 Å². The van der Waals surface area contributed by atoms with Crippen LogP contribution in [0.1, 0.15) is 29.5 Å². The summed E-state index contributed by atoms with van der Waals surface area (Å²) in [4.78, 5) is 12.0. The van der Waals surface area contributed by atoms with E-state index in [1.165, 1.54) is 6.42 Å². The first kappa shape index (κ1) is 22.6. The molecule has 35 heavy (non-hydrogen) atoms. The van der Waals surface area contributed by atoms with Crippen LogP contribution in [-0.2, 0) is 0 Å². The minimum atomic E-state index is 0.447. The highest BCUT2D eigenvalue weighted by molar-refractivity contribution is 5.90. The Bertz CT molecular complexity index is 1460. The molecule has 0 radical (unpaired) electrons. The Morgan fingerprint density at radius 2 is 1.89 bits per heavy atom. The molecule has 5 rings (SSSR count). The number of benzene rings is 2. The van der Waals surface area contributed by atoms with E-state index in [1.807, 2.05) is 47.9 Å². The third-order valence-electron chi connectivity index (χ3n) is 6.62. The van der Waals surface area contributed by atoms with Crippen molar-refractivity contribution in [1.29, 1.82) is 10.5 Å². The second kappa shape index (κ2) is 9.58. The summed E-state index contributed by atoms with van der Waals surface area (Å²) in [5.41, 5.74) is 6.06. The monoisotopic (exact) mass is 462 g/mol. The SMILES string of the molecule is Cc1ccc(-c2c(-c3ccc(C#N)cc3)nc(OC[C@@H]3CCCN(C)C3)n3ccnc23)cc1C#N. The fraction of sp³-hybridized carbons (Fsp3) is 0.286. The first-order chi connectivity index (χ1) is 17.1. The van der Waals surface area contributed by atoms with Crippen LogP contribution >= 0.6 is 0 Å². The number of ether oxygens (including phenoxy) is 1.